The fourth-order valence-electron chi connectivity index (χ4n) is 3.59. The molecule has 2 fully saturated rings. The maximum absolute atomic E-state index is 12.4. The van der Waals surface area contributed by atoms with Crippen molar-refractivity contribution in [1.29, 1.82) is 0 Å². The van der Waals surface area contributed by atoms with Gasteiger partial charge in [0.2, 0.25) is 5.91 Å². The molecule has 2 rings (SSSR count). The Morgan fingerprint density at radius 3 is 2.50 bits per heavy atom. The summed E-state index contributed by atoms with van der Waals surface area (Å²) < 4.78 is 0. The van der Waals surface area contributed by atoms with Gasteiger partial charge in [-0.2, -0.15) is 0 Å². The largest absolute Gasteiger partial charge is 0.351 e. The van der Waals surface area contributed by atoms with Crippen LogP contribution in [0, 0.1) is 11.8 Å². The van der Waals surface area contributed by atoms with E-state index < -0.39 is 0 Å². The predicted molar refractivity (Wildman–Crippen MR) is 74.1 cm³/mol. The Labute approximate surface area is 111 Å². The van der Waals surface area contributed by atoms with Crippen LogP contribution in [0.15, 0.2) is 0 Å². The number of hydrogen-bond acceptors (Lipinski definition) is 2. The number of rotatable bonds is 2. The molecular weight excluding hydrogens is 224 g/mol. The van der Waals surface area contributed by atoms with E-state index in [1.807, 2.05) is 0 Å². The topological polar surface area (TPSA) is 55.1 Å². The fraction of sp³-hybridized carbons (Fsp3) is 0.933. The number of amides is 1. The van der Waals surface area contributed by atoms with Crippen molar-refractivity contribution in [1.82, 2.24) is 5.32 Å². The van der Waals surface area contributed by atoms with Crippen molar-refractivity contribution in [2.45, 2.75) is 76.8 Å². The molecule has 0 aromatic rings. The van der Waals surface area contributed by atoms with Crippen LogP contribution in [0.5, 0.6) is 0 Å². The third-order valence-corrected chi connectivity index (χ3v) is 5.02. The van der Waals surface area contributed by atoms with Crippen molar-refractivity contribution in [3.63, 3.8) is 0 Å². The molecule has 0 aromatic carbocycles. The maximum atomic E-state index is 12.4. The van der Waals surface area contributed by atoms with E-state index >= 15 is 0 Å². The molecule has 0 saturated heterocycles. The van der Waals surface area contributed by atoms with E-state index in [9.17, 15) is 4.79 Å². The molecule has 3 atom stereocenters. The second-order valence-electron chi connectivity index (χ2n) is 6.70. The number of hydrogen-bond donors (Lipinski definition) is 2. The van der Waals surface area contributed by atoms with Crippen LogP contribution in [0.25, 0.3) is 0 Å². The highest BCUT2D eigenvalue weighted by Crippen LogP contribution is 2.31. The Morgan fingerprint density at radius 1 is 1.17 bits per heavy atom. The van der Waals surface area contributed by atoms with Gasteiger partial charge in [-0.05, 0) is 38.5 Å². The molecule has 3 nitrogen and oxygen atoms in total. The zero-order chi connectivity index (χ0) is 13.2. The molecule has 1 amide bonds. The van der Waals surface area contributed by atoms with Crippen LogP contribution in [0.1, 0.15) is 65.2 Å². The second-order valence-corrected chi connectivity index (χ2v) is 6.70. The molecule has 3 unspecified atom stereocenters. The lowest BCUT2D eigenvalue weighted by atomic mass is 9.76. The number of nitrogens with two attached hydrogens (primary N) is 1. The Morgan fingerprint density at radius 2 is 1.83 bits per heavy atom. The number of carbonyl (C=O) groups excluding carboxylic acids is 1. The van der Waals surface area contributed by atoms with Crippen molar-refractivity contribution < 1.29 is 4.79 Å². The Hall–Kier alpha value is -0.570. The fourth-order valence-corrected chi connectivity index (χ4v) is 3.59. The summed E-state index contributed by atoms with van der Waals surface area (Å²) >= 11 is 0. The van der Waals surface area contributed by atoms with Crippen LogP contribution in [0.4, 0.5) is 0 Å². The average molecular weight is 252 g/mol. The van der Waals surface area contributed by atoms with Crippen molar-refractivity contribution >= 4 is 5.91 Å². The summed E-state index contributed by atoms with van der Waals surface area (Å²) in [7, 11) is 0. The first kappa shape index (κ1) is 13.9. The van der Waals surface area contributed by atoms with Gasteiger partial charge in [-0.1, -0.05) is 32.6 Å². The van der Waals surface area contributed by atoms with Gasteiger partial charge in [0.25, 0.3) is 0 Å². The zero-order valence-electron chi connectivity index (χ0n) is 11.9. The molecule has 2 aliphatic rings. The van der Waals surface area contributed by atoms with Gasteiger partial charge in [-0.15, -0.1) is 0 Å². The summed E-state index contributed by atoms with van der Waals surface area (Å²) in [5.41, 5.74) is 6.23. The van der Waals surface area contributed by atoms with Gasteiger partial charge in [0, 0.05) is 11.6 Å². The van der Waals surface area contributed by atoms with Crippen LogP contribution in [-0.4, -0.2) is 17.5 Å². The van der Waals surface area contributed by atoms with Crippen LogP contribution >= 0.6 is 0 Å². The van der Waals surface area contributed by atoms with Crippen LogP contribution in [-0.2, 0) is 4.79 Å². The van der Waals surface area contributed by atoms with Crippen LogP contribution < -0.4 is 11.1 Å². The third kappa shape index (κ3) is 3.05. The minimum Gasteiger partial charge on any atom is -0.351 e. The summed E-state index contributed by atoms with van der Waals surface area (Å²) in [6.45, 7) is 4.37. The third-order valence-electron chi connectivity index (χ3n) is 5.02. The first-order valence-corrected chi connectivity index (χ1v) is 7.59. The molecule has 0 radical (unpaired) electrons. The molecule has 0 aliphatic heterocycles. The maximum Gasteiger partial charge on any atom is 0.225 e. The van der Waals surface area contributed by atoms with Crippen molar-refractivity contribution in [2.75, 3.05) is 0 Å². The van der Waals surface area contributed by atoms with Gasteiger partial charge >= 0.3 is 0 Å². The SMILES string of the molecule is CC1CCCC(C(=O)NC2(C)CCCCC2)C1N. The predicted octanol–water partition coefficient (Wildman–Crippen LogP) is 2.59. The molecule has 0 bridgehead atoms. The van der Waals surface area contributed by atoms with Crippen LogP contribution in [0.3, 0.4) is 0 Å². The Kier molecular flexibility index (Phi) is 4.31. The lowest BCUT2D eigenvalue weighted by molar-refractivity contribution is -0.129. The second kappa shape index (κ2) is 5.60. The molecular formula is C15H28N2O. The van der Waals surface area contributed by atoms with E-state index in [4.69, 9.17) is 5.73 Å². The molecule has 0 aromatic heterocycles. The lowest BCUT2D eigenvalue weighted by Crippen LogP contribution is -2.54. The quantitative estimate of drug-likeness (QED) is 0.793. The van der Waals surface area contributed by atoms with E-state index in [0.717, 1.165) is 25.7 Å². The first-order valence-electron chi connectivity index (χ1n) is 7.59. The average Bonchev–Trinajstić information content (AvgIpc) is 2.33. The molecule has 104 valence electrons. The van der Waals surface area contributed by atoms with E-state index in [1.165, 1.54) is 25.7 Å². The summed E-state index contributed by atoms with van der Waals surface area (Å²) in [4.78, 5) is 12.4. The highest BCUT2D eigenvalue weighted by molar-refractivity contribution is 5.80. The van der Waals surface area contributed by atoms with Gasteiger partial charge in [0.15, 0.2) is 0 Å². The van der Waals surface area contributed by atoms with Gasteiger partial charge in [0.1, 0.15) is 0 Å². The van der Waals surface area contributed by atoms with E-state index in [-0.39, 0.29) is 23.4 Å². The molecule has 0 heterocycles. The minimum atomic E-state index is 0.0236. The van der Waals surface area contributed by atoms with Gasteiger partial charge in [-0.3, -0.25) is 4.79 Å². The first-order chi connectivity index (χ1) is 8.52. The highest BCUT2D eigenvalue weighted by Gasteiger charge is 2.36. The zero-order valence-corrected chi connectivity index (χ0v) is 11.9. The highest BCUT2D eigenvalue weighted by atomic mass is 16.2. The molecule has 2 aliphatic carbocycles. The normalized spacial score (nSPS) is 36.1. The summed E-state index contributed by atoms with van der Waals surface area (Å²) in [5.74, 6) is 0.722. The minimum absolute atomic E-state index is 0.0236. The monoisotopic (exact) mass is 252 g/mol. The lowest BCUT2D eigenvalue weighted by Gasteiger charge is -2.39. The van der Waals surface area contributed by atoms with Crippen molar-refractivity contribution in [3.8, 4) is 0 Å². The Balaban J connectivity index is 1.94. The standard InChI is InChI=1S/C15H28N2O/c1-11-7-6-8-12(13(11)16)14(18)17-15(2)9-4-3-5-10-15/h11-13H,3-10,16H2,1-2H3,(H,17,18). The molecule has 2 saturated carbocycles. The summed E-state index contributed by atoms with van der Waals surface area (Å²) in [5, 5.41) is 3.30. The van der Waals surface area contributed by atoms with Crippen molar-refractivity contribution in [2.24, 2.45) is 17.6 Å². The van der Waals surface area contributed by atoms with Gasteiger partial charge in [0.05, 0.1) is 5.92 Å². The van der Waals surface area contributed by atoms with Crippen molar-refractivity contribution in [3.05, 3.63) is 0 Å². The van der Waals surface area contributed by atoms with E-state index in [2.05, 4.69) is 19.2 Å². The molecule has 0 spiro atoms. The molecule has 3 heteroatoms. The van der Waals surface area contributed by atoms with Crippen LogP contribution in [0.2, 0.25) is 0 Å². The summed E-state index contributed by atoms with van der Waals surface area (Å²) in [6, 6.07) is 0.0472. The van der Waals surface area contributed by atoms with E-state index in [0.29, 0.717) is 5.92 Å². The van der Waals surface area contributed by atoms with E-state index in [1.54, 1.807) is 0 Å². The Bertz CT molecular complexity index is 297. The van der Waals surface area contributed by atoms with Gasteiger partial charge in [-0.25, -0.2) is 0 Å². The smallest absolute Gasteiger partial charge is 0.225 e. The number of nitrogens with one attached hydrogen (secondary N) is 1. The summed E-state index contributed by atoms with van der Waals surface area (Å²) in [6.07, 6.45) is 9.31. The molecule has 18 heavy (non-hydrogen) atoms. The van der Waals surface area contributed by atoms with Gasteiger partial charge < -0.3 is 11.1 Å². The molecule has 3 N–H and O–H groups in total. The number of carbonyl (C=O) groups is 1.